The first-order valence-corrected chi connectivity index (χ1v) is 3.05. The Balaban J connectivity index is -0.0000000457. The molecule has 0 atom stereocenters. The van der Waals surface area contributed by atoms with Crippen molar-refractivity contribution >= 4 is 0 Å². The van der Waals surface area contributed by atoms with E-state index in [-0.39, 0.29) is 47.6 Å². The average Bonchev–Trinajstić information content (AvgIpc) is 1.89. The van der Waals surface area contributed by atoms with Crippen LogP contribution in [0.25, 0.3) is 0 Å². The zero-order valence-corrected chi connectivity index (χ0v) is 10.1. The van der Waals surface area contributed by atoms with Crippen molar-refractivity contribution < 1.29 is 44.4 Å². The average molecular weight is 262 g/mol. The Bertz CT molecular complexity index is 57.5. The molecule has 0 amide bonds. The van der Waals surface area contributed by atoms with Gasteiger partial charge in [0.1, 0.15) is 0 Å². The largest absolute Gasteiger partial charge is 0.381 e. The van der Waals surface area contributed by atoms with Gasteiger partial charge in [-0.15, -0.1) is 0 Å². The Morgan fingerprint density at radius 3 is 0.833 bits per heavy atom. The van der Waals surface area contributed by atoms with Crippen molar-refractivity contribution in [2.45, 2.75) is 0 Å². The second kappa shape index (κ2) is 17.8. The quantitative estimate of drug-likeness (QED) is 0.494. The third-order valence-electron chi connectivity index (χ3n) is 0.566. The van der Waals surface area contributed by atoms with Crippen LogP contribution in [0.2, 0.25) is 0 Å². The van der Waals surface area contributed by atoms with E-state index in [1.165, 1.54) is 0 Å². The number of hydrogen-bond acceptors (Lipinski definition) is 4. The van der Waals surface area contributed by atoms with Gasteiger partial charge in [-0.3, -0.25) is 9.80 Å². The van der Waals surface area contributed by atoms with Gasteiger partial charge in [0.05, 0.1) is 13.5 Å². The molecule has 0 fully saturated rings. The number of aliphatic hydroxyl groups is 2. The van der Waals surface area contributed by atoms with Crippen LogP contribution in [-0.4, -0.2) is 61.7 Å². The molecule has 0 aromatic rings. The summed E-state index contributed by atoms with van der Waals surface area (Å²) in [6, 6.07) is 0. The molecule has 0 saturated carbocycles. The van der Waals surface area contributed by atoms with Gasteiger partial charge in [0.15, 0.2) is 0 Å². The minimum absolute atomic E-state index is 0. The van der Waals surface area contributed by atoms with Crippen LogP contribution in [0.1, 0.15) is 0 Å². The number of nitrogens with zero attached hydrogens (tertiary/aromatic N) is 2. The summed E-state index contributed by atoms with van der Waals surface area (Å²) in [5.41, 5.74) is 0. The van der Waals surface area contributed by atoms with Crippen molar-refractivity contribution in [3.8, 4) is 0 Å². The van der Waals surface area contributed by atoms with Crippen LogP contribution in [0.4, 0.5) is 0 Å². The zero-order valence-electron chi connectivity index (χ0n) is 7.91. The molecule has 0 heterocycles. The molecular weight excluding hydrogens is 244 g/mol. The number of hydrogen-bond donors (Lipinski definition) is 2. The summed E-state index contributed by atoms with van der Waals surface area (Å²) in [6.07, 6.45) is 0. The van der Waals surface area contributed by atoms with E-state index in [0.29, 0.717) is 0 Å². The van der Waals surface area contributed by atoms with Crippen LogP contribution in [-0.2, 0) is 34.1 Å². The Kier molecular flexibility index (Phi) is 34.3. The summed E-state index contributed by atoms with van der Waals surface area (Å²) in [5, 5.41) is 16.1. The van der Waals surface area contributed by atoms with Crippen LogP contribution < -0.4 is 0 Å². The standard InChI is InChI=1S/2C3H9NO.2Fe/c2*1-4(2)3-5;;/h2*5H,3H2,1-2H3;;. The van der Waals surface area contributed by atoms with E-state index >= 15 is 0 Å². The van der Waals surface area contributed by atoms with Gasteiger partial charge in [-0.05, 0) is 28.2 Å². The number of aliphatic hydroxyl groups excluding tert-OH is 2. The Labute approximate surface area is 95.9 Å². The van der Waals surface area contributed by atoms with E-state index in [2.05, 4.69) is 0 Å². The monoisotopic (exact) mass is 262 g/mol. The van der Waals surface area contributed by atoms with Gasteiger partial charge < -0.3 is 10.2 Å². The van der Waals surface area contributed by atoms with Crippen LogP contribution in [0.5, 0.6) is 0 Å². The first kappa shape index (κ1) is 23.1. The van der Waals surface area contributed by atoms with E-state index < -0.39 is 0 Å². The molecule has 12 heavy (non-hydrogen) atoms. The molecule has 0 radical (unpaired) electrons. The van der Waals surface area contributed by atoms with Gasteiger partial charge in [0.2, 0.25) is 0 Å². The van der Waals surface area contributed by atoms with Gasteiger partial charge in [-0.25, -0.2) is 0 Å². The van der Waals surface area contributed by atoms with Gasteiger partial charge in [-0.2, -0.15) is 0 Å². The summed E-state index contributed by atoms with van der Waals surface area (Å²) >= 11 is 0. The molecule has 4 nitrogen and oxygen atoms in total. The van der Waals surface area contributed by atoms with E-state index in [9.17, 15) is 0 Å². The summed E-state index contributed by atoms with van der Waals surface area (Å²) in [5.74, 6) is 0. The van der Waals surface area contributed by atoms with E-state index in [4.69, 9.17) is 10.2 Å². The van der Waals surface area contributed by atoms with Crippen molar-refractivity contribution in [1.82, 2.24) is 9.80 Å². The maximum atomic E-state index is 8.07. The fourth-order valence-corrected chi connectivity index (χ4v) is 0. The van der Waals surface area contributed by atoms with Gasteiger partial charge in [0, 0.05) is 34.1 Å². The summed E-state index contributed by atoms with van der Waals surface area (Å²) in [6.45, 7) is 0.278. The first-order chi connectivity index (χ1) is 4.54. The third kappa shape index (κ3) is 44.6. The van der Waals surface area contributed by atoms with Crippen molar-refractivity contribution in [3.63, 3.8) is 0 Å². The van der Waals surface area contributed by atoms with E-state index in [1.54, 1.807) is 38.0 Å². The Morgan fingerprint density at radius 1 is 0.750 bits per heavy atom. The summed E-state index contributed by atoms with van der Waals surface area (Å²) in [4.78, 5) is 3.36. The maximum absolute atomic E-state index is 8.07. The fourth-order valence-electron chi connectivity index (χ4n) is 0. The number of rotatable bonds is 2. The second-order valence-corrected chi connectivity index (χ2v) is 2.44. The summed E-state index contributed by atoms with van der Waals surface area (Å²) in [7, 11) is 7.22. The minimum Gasteiger partial charge on any atom is -0.381 e. The van der Waals surface area contributed by atoms with Gasteiger partial charge in [0.25, 0.3) is 0 Å². The molecule has 6 heteroatoms. The molecule has 0 aliphatic carbocycles. The predicted molar refractivity (Wildman–Crippen MR) is 41.5 cm³/mol. The van der Waals surface area contributed by atoms with Crippen LogP contribution >= 0.6 is 0 Å². The van der Waals surface area contributed by atoms with Crippen molar-refractivity contribution in [3.05, 3.63) is 0 Å². The molecule has 80 valence electrons. The molecule has 0 saturated heterocycles. The van der Waals surface area contributed by atoms with Crippen LogP contribution in [0.3, 0.4) is 0 Å². The SMILES string of the molecule is CN(C)CO.CN(C)CO.[Fe].[Fe]. The normalized spacial score (nSPS) is 8.00. The Morgan fingerprint density at radius 2 is 0.833 bits per heavy atom. The summed E-state index contributed by atoms with van der Waals surface area (Å²) < 4.78 is 0. The molecule has 0 spiro atoms. The maximum Gasteiger partial charge on any atom is 0.0951 e. The molecule has 0 aliphatic heterocycles. The molecule has 0 bridgehead atoms. The predicted octanol–water partition coefficient (Wildman–Crippen LogP) is -1.01. The minimum atomic E-state index is 0. The molecular formula is C6H18Fe2N2O2. The molecule has 0 aromatic carbocycles. The van der Waals surface area contributed by atoms with Crippen molar-refractivity contribution in [2.24, 2.45) is 0 Å². The molecule has 0 aromatic heterocycles. The molecule has 0 unspecified atom stereocenters. The smallest absolute Gasteiger partial charge is 0.0951 e. The fraction of sp³-hybridized carbons (Fsp3) is 1.00. The van der Waals surface area contributed by atoms with Gasteiger partial charge >= 0.3 is 0 Å². The topological polar surface area (TPSA) is 46.9 Å². The van der Waals surface area contributed by atoms with Crippen LogP contribution in [0, 0.1) is 0 Å². The molecule has 0 aliphatic rings. The second-order valence-electron chi connectivity index (χ2n) is 2.44. The zero-order chi connectivity index (χ0) is 8.57. The van der Waals surface area contributed by atoms with Gasteiger partial charge in [-0.1, -0.05) is 0 Å². The van der Waals surface area contributed by atoms with Crippen molar-refractivity contribution in [1.29, 1.82) is 0 Å². The molecule has 0 rings (SSSR count). The van der Waals surface area contributed by atoms with Crippen LogP contribution in [0.15, 0.2) is 0 Å². The van der Waals surface area contributed by atoms with E-state index in [1.807, 2.05) is 0 Å². The Hall–Kier alpha value is 0.879. The third-order valence-corrected chi connectivity index (χ3v) is 0.566. The van der Waals surface area contributed by atoms with E-state index in [0.717, 1.165) is 0 Å². The van der Waals surface area contributed by atoms with Crippen molar-refractivity contribution in [2.75, 3.05) is 41.7 Å². The molecule has 2 N–H and O–H groups in total. The first-order valence-electron chi connectivity index (χ1n) is 3.05.